The van der Waals surface area contributed by atoms with Gasteiger partial charge < -0.3 is 9.47 Å². The van der Waals surface area contributed by atoms with Gasteiger partial charge in [0.1, 0.15) is 0 Å². The van der Waals surface area contributed by atoms with Gasteiger partial charge in [0.2, 0.25) is 0 Å². The van der Waals surface area contributed by atoms with E-state index in [0.717, 1.165) is 0 Å². The van der Waals surface area contributed by atoms with Crippen LogP contribution in [0.2, 0.25) is 0 Å². The van der Waals surface area contributed by atoms with E-state index in [-0.39, 0.29) is 0 Å². The van der Waals surface area contributed by atoms with Crippen molar-refractivity contribution in [1.82, 2.24) is 0 Å². The van der Waals surface area contributed by atoms with E-state index < -0.39 is 30.0 Å². The minimum absolute atomic E-state index is 2.05. The Morgan fingerprint density at radius 1 is 1.15 bits per heavy atom. The molecule has 13 heavy (non-hydrogen) atoms. The first-order valence-corrected chi connectivity index (χ1v) is 2.70. The van der Waals surface area contributed by atoms with Gasteiger partial charge in [0, 0.05) is 0 Å². The first kappa shape index (κ1) is 9.75. The zero-order valence-electron chi connectivity index (χ0n) is 5.58. The van der Waals surface area contributed by atoms with Crippen LogP contribution in [-0.4, -0.2) is 6.11 Å². The van der Waals surface area contributed by atoms with Gasteiger partial charge in [-0.2, -0.15) is 26.3 Å². The number of hydrogen-bond acceptors (Lipinski definition) is 2. The molecule has 0 aromatic heterocycles. The fourth-order valence-electron chi connectivity index (χ4n) is 0.500. The molecule has 1 aliphatic rings. The van der Waals surface area contributed by atoms with Crippen molar-refractivity contribution in [2.24, 2.45) is 0 Å². The van der Waals surface area contributed by atoms with E-state index in [1.54, 1.807) is 0 Å². The molecule has 8 heteroatoms. The lowest BCUT2D eigenvalue weighted by molar-refractivity contribution is -0.245. The second kappa shape index (κ2) is 2.86. The molecule has 74 valence electrons. The summed E-state index contributed by atoms with van der Waals surface area (Å²) in [6.45, 7) is 0. The Hall–Kier alpha value is -1.34. The fourth-order valence-corrected chi connectivity index (χ4v) is 0.500. The van der Waals surface area contributed by atoms with E-state index in [1.807, 2.05) is 0 Å². The van der Waals surface area contributed by atoms with Gasteiger partial charge in [-0.15, -0.1) is 0 Å². The molecule has 1 aliphatic heterocycles. The molecule has 0 amide bonds. The van der Waals surface area contributed by atoms with Gasteiger partial charge in [-0.3, -0.25) is 0 Å². The van der Waals surface area contributed by atoms with Gasteiger partial charge in [-0.1, -0.05) is 0 Å². The maximum atomic E-state index is 12.1. The predicted molar refractivity (Wildman–Crippen MR) is 25.6 cm³/mol. The van der Waals surface area contributed by atoms with Crippen LogP contribution < -0.4 is 0 Å². The van der Waals surface area contributed by atoms with Gasteiger partial charge >= 0.3 is 24.1 Å². The Kier molecular flexibility index (Phi) is 2.14. The normalized spacial score (nSPS) is 20.9. The monoisotopic (exact) mass is 206 g/mol. The third-order valence-electron chi connectivity index (χ3n) is 0.986. The predicted octanol–water partition coefficient (Wildman–Crippen LogP) is 2.80. The van der Waals surface area contributed by atoms with E-state index in [1.165, 1.54) is 0 Å². The smallest absolute Gasteiger partial charge is 0.392 e. The van der Waals surface area contributed by atoms with Gasteiger partial charge in [0.15, 0.2) is 0 Å². The SMILES string of the molecule is FC(F)=C1OC(F)=C(F)C(F)(F)O1. The molecule has 1 heterocycles. The first-order valence-electron chi connectivity index (χ1n) is 2.70. The Morgan fingerprint density at radius 3 is 2.08 bits per heavy atom. The molecule has 1 rings (SSSR count). The number of alkyl halides is 2. The zero-order valence-corrected chi connectivity index (χ0v) is 5.58. The summed E-state index contributed by atoms with van der Waals surface area (Å²) < 4.78 is 77.7. The second-order valence-corrected chi connectivity index (χ2v) is 1.86. The van der Waals surface area contributed by atoms with Crippen LogP contribution in [0.15, 0.2) is 23.9 Å². The molecule has 0 N–H and O–H groups in total. The molecule has 0 spiro atoms. The molecule has 0 saturated carbocycles. The van der Waals surface area contributed by atoms with E-state index >= 15 is 0 Å². The Bertz CT molecular complexity index is 289. The molecular weight excluding hydrogens is 206 g/mol. The lowest BCUT2D eigenvalue weighted by Crippen LogP contribution is -2.27. The number of halogens is 6. The van der Waals surface area contributed by atoms with Crippen molar-refractivity contribution in [1.29, 1.82) is 0 Å². The minimum atomic E-state index is -4.76. The van der Waals surface area contributed by atoms with Crippen LogP contribution in [-0.2, 0) is 9.47 Å². The molecule has 2 nitrogen and oxygen atoms in total. The lowest BCUT2D eigenvalue weighted by Gasteiger charge is -2.21. The van der Waals surface area contributed by atoms with Crippen molar-refractivity contribution in [3.8, 4) is 0 Å². The third kappa shape index (κ3) is 1.70. The van der Waals surface area contributed by atoms with Crippen LogP contribution in [0.4, 0.5) is 26.3 Å². The molecule has 0 aromatic rings. The third-order valence-corrected chi connectivity index (χ3v) is 0.986. The first-order chi connectivity index (χ1) is 5.84. The molecule has 0 saturated heterocycles. The molecule has 0 aromatic carbocycles. The number of ether oxygens (including phenoxy) is 2. The van der Waals surface area contributed by atoms with Crippen LogP contribution in [0.25, 0.3) is 0 Å². The summed E-state index contributed by atoms with van der Waals surface area (Å²) in [6.07, 6.45) is -7.58. The largest absolute Gasteiger partial charge is 0.462 e. The molecule has 0 radical (unpaired) electrons. The standard InChI is InChI=1S/C5F6O2/c6-1-3(9)12-4(2(7)8)13-5(1,10)11. The Morgan fingerprint density at radius 2 is 1.69 bits per heavy atom. The van der Waals surface area contributed by atoms with Crippen LogP contribution >= 0.6 is 0 Å². The molecule has 0 atom stereocenters. The van der Waals surface area contributed by atoms with E-state index in [9.17, 15) is 26.3 Å². The highest BCUT2D eigenvalue weighted by Crippen LogP contribution is 2.39. The fraction of sp³-hybridized carbons (Fsp3) is 0.200. The van der Waals surface area contributed by atoms with Crippen molar-refractivity contribution in [2.75, 3.05) is 0 Å². The van der Waals surface area contributed by atoms with E-state index in [4.69, 9.17) is 0 Å². The summed E-state index contributed by atoms with van der Waals surface area (Å²) in [4.78, 5) is 0. The topological polar surface area (TPSA) is 18.5 Å². The van der Waals surface area contributed by atoms with Crippen LogP contribution in [0.1, 0.15) is 0 Å². The number of rotatable bonds is 0. The minimum Gasteiger partial charge on any atom is -0.392 e. The van der Waals surface area contributed by atoms with Gasteiger partial charge in [0.05, 0.1) is 0 Å². The van der Waals surface area contributed by atoms with Crippen molar-refractivity contribution < 1.29 is 35.8 Å². The quantitative estimate of drug-likeness (QED) is 0.567. The van der Waals surface area contributed by atoms with Crippen LogP contribution in [0.5, 0.6) is 0 Å². The molecule has 0 aliphatic carbocycles. The van der Waals surface area contributed by atoms with Crippen LogP contribution in [0.3, 0.4) is 0 Å². The van der Waals surface area contributed by atoms with Crippen molar-refractivity contribution in [3.05, 3.63) is 23.9 Å². The lowest BCUT2D eigenvalue weighted by atomic mass is 10.5. The number of hydrogen-bond donors (Lipinski definition) is 0. The molecular formula is C5F6O2. The van der Waals surface area contributed by atoms with E-state index in [2.05, 4.69) is 9.47 Å². The summed E-state index contributed by atoms with van der Waals surface area (Å²) in [7, 11) is 0. The summed E-state index contributed by atoms with van der Waals surface area (Å²) in [6, 6.07) is -2.45. The van der Waals surface area contributed by atoms with Gasteiger partial charge in [0.25, 0.3) is 5.83 Å². The highest BCUT2D eigenvalue weighted by molar-refractivity contribution is 5.08. The van der Waals surface area contributed by atoms with E-state index in [0.29, 0.717) is 0 Å². The molecule has 0 bridgehead atoms. The maximum Gasteiger partial charge on any atom is 0.462 e. The molecule has 0 unspecified atom stereocenters. The summed E-state index contributed by atoms with van der Waals surface area (Å²) in [5.41, 5.74) is 0. The average Bonchev–Trinajstić information content (AvgIpc) is 1.99. The Balaban J connectivity index is 3.09. The zero-order chi connectivity index (χ0) is 10.2. The second-order valence-electron chi connectivity index (χ2n) is 1.86. The Labute approximate surface area is 67.0 Å². The average molecular weight is 206 g/mol. The van der Waals surface area contributed by atoms with Crippen LogP contribution in [0, 0.1) is 0 Å². The molecule has 0 fully saturated rings. The van der Waals surface area contributed by atoms with Gasteiger partial charge in [-0.05, 0) is 0 Å². The maximum absolute atomic E-state index is 12.1. The highest BCUT2D eigenvalue weighted by Gasteiger charge is 2.48. The summed E-state index contributed by atoms with van der Waals surface area (Å²) in [5, 5.41) is 0. The van der Waals surface area contributed by atoms with Crippen molar-refractivity contribution in [3.63, 3.8) is 0 Å². The highest BCUT2D eigenvalue weighted by atomic mass is 19.3. The summed E-state index contributed by atoms with van der Waals surface area (Å²) in [5.74, 6) is -4.73. The van der Waals surface area contributed by atoms with Crippen molar-refractivity contribution in [2.45, 2.75) is 6.11 Å². The van der Waals surface area contributed by atoms with Crippen molar-refractivity contribution >= 4 is 0 Å². The summed E-state index contributed by atoms with van der Waals surface area (Å²) >= 11 is 0. The van der Waals surface area contributed by atoms with Gasteiger partial charge in [-0.25, -0.2) is 0 Å².